The molecule has 1 unspecified atom stereocenters. The molecular weight excluding hydrogens is 356 g/mol. The molecule has 1 aliphatic carbocycles. The van der Waals surface area contributed by atoms with Crippen molar-refractivity contribution in [3.63, 3.8) is 0 Å². The molecule has 1 saturated carbocycles. The van der Waals surface area contributed by atoms with E-state index >= 15 is 0 Å². The van der Waals surface area contributed by atoms with E-state index in [1.165, 1.54) is 35.7 Å². The highest BCUT2D eigenvalue weighted by Gasteiger charge is 2.33. The molecular formula is C21H22N4OS. The number of amides is 1. The van der Waals surface area contributed by atoms with Crippen molar-refractivity contribution in [2.45, 2.75) is 31.0 Å². The number of nitrogens with one attached hydrogen (secondary N) is 1. The molecule has 6 heteroatoms. The molecule has 0 radical (unpaired) electrons. The minimum atomic E-state index is 0.0279. The van der Waals surface area contributed by atoms with Gasteiger partial charge in [0.05, 0.1) is 11.8 Å². The zero-order valence-electron chi connectivity index (χ0n) is 15.2. The minimum absolute atomic E-state index is 0.0279. The molecule has 2 aromatic carbocycles. The molecule has 1 heterocycles. The molecule has 138 valence electrons. The summed E-state index contributed by atoms with van der Waals surface area (Å²) < 4.78 is 1.90. The average Bonchev–Trinajstić information content (AvgIpc) is 3.43. The van der Waals surface area contributed by atoms with E-state index < -0.39 is 0 Å². The number of hydrogen-bond donors (Lipinski definition) is 1. The highest BCUT2D eigenvalue weighted by atomic mass is 32.2. The molecule has 27 heavy (non-hydrogen) atoms. The molecule has 3 aromatic rings. The number of rotatable bonds is 7. The topological polar surface area (TPSA) is 59.8 Å². The summed E-state index contributed by atoms with van der Waals surface area (Å²) in [6, 6.07) is 18.5. The number of thioether (sulfide) groups is 1. The SMILES string of the molecule is Cc1ccc(C(NC(=O)CSc2nncn2-c2ccccc2)C2CC2)cc1. The van der Waals surface area contributed by atoms with Crippen LogP contribution in [0.2, 0.25) is 0 Å². The van der Waals surface area contributed by atoms with Crippen molar-refractivity contribution in [3.05, 3.63) is 72.1 Å². The summed E-state index contributed by atoms with van der Waals surface area (Å²) in [6.07, 6.45) is 4.03. The lowest BCUT2D eigenvalue weighted by atomic mass is 10.0. The molecule has 1 N–H and O–H groups in total. The van der Waals surface area contributed by atoms with Crippen LogP contribution in [-0.4, -0.2) is 26.4 Å². The van der Waals surface area contributed by atoms with Gasteiger partial charge in [0.25, 0.3) is 0 Å². The van der Waals surface area contributed by atoms with Gasteiger partial charge in [0.2, 0.25) is 5.91 Å². The summed E-state index contributed by atoms with van der Waals surface area (Å²) in [7, 11) is 0. The Morgan fingerprint density at radius 3 is 2.63 bits per heavy atom. The van der Waals surface area contributed by atoms with Gasteiger partial charge >= 0.3 is 0 Å². The van der Waals surface area contributed by atoms with Crippen LogP contribution in [0.3, 0.4) is 0 Å². The van der Waals surface area contributed by atoms with Crippen molar-refractivity contribution in [1.29, 1.82) is 0 Å². The third kappa shape index (κ3) is 4.39. The van der Waals surface area contributed by atoms with Gasteiger partial charge in [0.15, 0.2) is 5.16 Å². The highest BCUT2D eigenvalue weighted by molar-refractivity contribution is 7.99. The van der Waals surface area contributed by atoms with Crippen LogP contribution in [0.25, 0.3) is 5.69 Å². The Bertz CT molecular complexity index is 903. The summed E-state index contributed by atoms with van der Waals surface area (Å²) >= 11 is 1.41. The van der Waals surface area contributed by atoms with Crippen molar-refractivity contribution in [2.75, 3.05) is 5.75 Å². The van der Waals surface area contributed by atoms with E-state index in [1.54, 1.807) is 6.33 Å². The first kappa shape index (κ1) is 17.8. The Hall–Kier alpha value is -2.60. The van der Waals surface area contributed by atoms with Gasteiger partial charge in [0, 0.05) is 5.69 Å². The molecule has 1 fully saturated rings. The van der Waals surface area contributed by atoms with Crippen molar-refractivity contribution >= 4 is 17.7 Å². The number of carbonyl (C=O) groups excluding carboxylic acids is 1. The lowest BCUT2D eigenvalue weighted by molar-refractivity contribution is -0.119. The number of aryl methyl sites for hydroxylation is 1. The molecule has 0 aliphatic heterocycles. The largest absolute Gasteiger partial charge is 0.348 e. The normalized spacial score (nSPS) is 14.7. The van der Waals surface area contributed by atoms with Crippen LogP contribution in [0.1, 0.15) is 30.0 Å². The number of para-hydroxylation sites is 1. The predicted octanol–water partition coefficient (Wildman–Crippen LogP) is 3.94. The first-order chi connectivity index (χ1) is 13.2. The van der Waals surface area contributed by atoms with E-state index in [-0.39, 0.29) is 11.9 Å². The maximum atomic E-state index is 12.6. The third-order valence-electron chi connectivity index (χ3n) is 4.73. The van der Waals surface area contributed by atoms with Crippen LogP contribution in [0.5, 0.6) is 0 Å². The Morgan fingerprint density at radius 1 is 1.19 bits per heavy atom. The van der Waals surface area contributed by atoms with E-state index in [0.717, 1.165) is 10.8 Å². The first-order valence-electron chi connectivity index (χ1n) is 9.15. The van der Waals surface area contributed by atoms with Gasteiger partial charge in [0.1, 0.15) is 6.33 Å². The van der Waals surface area contributed by atoms with Crippen molar-refractivity contribution in [3.8, 4) is 5.69 Å². The number of nitrogens with zero attached hydrogens (tertiary/aromatic N) is 3. The van der Waals surface area contributed by atoms with Gasteiger partial charge in [-0.15, -0.1) is 10.2 Å². The van der Waals surface area contributed by atoms with Gasteiger partial charge in [-0.2, -0.15) is 0 Å². The Kier molecular flexibility index (Phi) is 5.25. The van der Waals surface area contributed by atoms with E-state index in [2.05, 4.69) is 46.7 Å². The molecule has 0 spiro atoms. The highest BCUT2D eigenvalue weighted by Crippen LogP contribution is 2.41. The average molecular weight is 379 g/mol. The molecule has 0 bridgehead atoms. The fourth-order valence-electron chi connectivity index (χ4n) is 3.11. The van der Waals surface area contributed by atoms with E-state index in [0.29, 0.717) is 11.7 Å². The standard InChI is InChI=1S/C21H22N4OS/c1-15-7-9-16(10-8-15)20(17-11-12-17)23-19(26)13-27-21-24-22-14-25(21)18-5-3-2-4-6-18/h2-10,14,17,20H,11-13H2,1H3,(H,23,26). The molecule has 4 rings (SSSR count). The summed E-state index contributed by atoms with van der Waals surface area (Å²) in [4.78, 5) is 12.6. The minimum Gasteiger partial charge on any atom is -0.348 e. The van der Waals surface area contributed by atoms with Gasteiger partial charge in [-0.25, -0.2) is 0 Å². The summed E-state index contributed by atoms with van der Waals surface area (Å²) in [5, 5.41) is 12.1. The van der Waals surface area contributed by atoms with E-state index in [4.69, 9.17) is 0 Å². The monoisotopic (exact) mass is 378 g/mol. The molecule has 5 nitrogen and oxygen atoms in total. The molecule has 0 saturated heterocycles. The lowest BCUT2D eigenvalue weighted by Crippen LogP contribution is -2.31. The van der Waals surface area contributed by atoms with Crippen LogP contribution >= 0.6 is 11.8 Å². The van der Waals surface area contributed by atoms with Gasteiger partial charge in [-0.1, -0.05) is 59.8 Å². The summed E-state index contributed by atoms with van der Waals surface area (Å²) in [6.45, 7) is 2.08. The van der Waals surface area contributed by atoms with E-state index in [9.17, 15) is 4.79 Å². The Balaban J connectivity index is 1.40. The lowest BCUT2D eigenvalue weighted by Gasteiger charge is -2.19. The Morgan fingerprint density at radius 2 is 1.93 bits per heavy atom. The predicted molar refractivity (Wildman–Crippen MR) is 107 cm³/mol. The van der Waals surface area contributed by atoms with Crippen LogP contribution in [0.4, 0.5) is 0 Å². The van der Waals surface area contributed by atoms with Gasteiger partial charge in [-0.3, -0.25) is 9.36 Å². The maximum absolute atomic E-state index is 12.6. The number of aromatic nitrogens is 3. The van der Waals surface area contributed by atoms with Crippen LogP contribution in [-0.2, 0) is 4.79 Å². The van der Waals surface area contributed by atoms with E-state index in [1.807, 2.05) is 34.9 Å². The maximum Gasteiger partial charge on any atom is 0.230 e. The molecule has 1 aliphatic rings. The smallest absolute Gasteiger partial charge is 0.230 e. The third-order valence-corrected chi connectivity index (χ3v) is 5.67. The van der Waals surface area contributed by atoms with Gasteiger partial charge in [-0.05, 0) is 43.4 Å². The zero-order chi connectivity index (χ0) is 18.6. The second kappa shape index (κ2) is 7.96. The van der Waals surface area contributed by atoms with Crippen LogP contribution < -0.4 is 5.32 Å². The first-order valence-corrected chi connectivity index (χ1v) is 10.1. The zero-order valence-corrected chi connectivity index (χ0v) is 16.0. The molecule has 1 atom stereocenters. The quantitative estimate of drug-likeness (QED) is 0.633. The van der Waals surface area contributed by atoms with Crippen molar-refractivity contribution < 1.29 is 4.79 Å². The Labute approximate surface area is 163 Å². The summed E-state index contributed by atoms with van der Waals surface area (Å²) in [5.74, 6) is 0.898. The van der Waals surface area contributed by atoms with Crippen LogP contribution in [0.15, 0.2) is 66.1 Å². The second-order valence-electron chi connectivity index (χ2n) is 6.90. The number of hydrogen-bond acceptors (Lipinski definition) is 4. The van der Waals surface area contributed by atoms with Crippen LogP contribution in [0, 0.1) is 12.8 Å². The second-order valence-corrected chi connectivity index (χ2v) is 7.84. The number of carbonyl (C=O) groups is 1. The number of benzene rings is 2. The molecule has 1 aromatic heterocycles. The molecule has 1 amide bonds. The van der Waals surface area contributed by atoms with Gasteiger partial charge < -0.3 is 5.32 Å². The summed E-state index contributed by atoms with van der Waals surface area (Å²) in [5.41, 5.74) is 3.41. The van der Waals surface area contributed by atoms with Crippen molar-refractivity contribution in [2.24, 2.45) is 5.92 Å². The fourth-order valence-corrected chi connectivity index (χ4v) is 3.85. The van der Waals surface area contributed by atoms with Crippen molar-refractivity contribution in [1.82, 2.24) is 20.1 Å². The fraction of sp³-hybridized carbons (Fsp3) is 0.286.